The van der Waals surface area contributed by atoms with Crippen molar-refractivity contribution in [3.8, 4) is 5.75 Å². The maximum atomic E-state index is 5.39. The van der Waals surface area contributed by atoms with E-state index in [9.17, 15) is 0 Å². The first-order chi connectivity index (χ1) is 9.76. The van der Waals surface area contributed by atoms with Crippen LogP contribution in [0.25, 0.3) is 10.8 Å². The summed E-state index contributed by atoms with van der Waals surface area (Å²) >= 11 is 5.06. The predicted octanol–water partition coefficient (Wildman–Crippen LogP) is 2.67. The van der Waals surface area contributed by atoms with E-state index in [1.165, 1.54) is 0 Å². The second-order valence-electron chi connectivity index (χ2n) is 4.13. The van der Waals surface area contributed by atoms with Gasteiger partial charge >= 0.3 is 0 Å². The fourth-order valence-electron chi connectivity index (χ4n) is 1.94. The molecule has 2 rings (SSSR count). The van der Waals surface area contributed by atoms with Crippen molar-refractivity contribution in [1.29, 1.82) is 0 Å². The van der Waals surface area contributed by atoms with E-state index in [1.54, 1.807) is 13.3 Å². The zero-order valence-corrected chi connectivity index (χ0v) is 12.3. The Morgan fingerprint density at radius 1 is 1.30 bits per heavy atom. The smallest absolute Gasteiger partial charge is 0.186 e. The fraction of sp³-hybridized carbons (Fsp3) is 0.200. The summed E-state index contributed by atoms with van der Waals surface area (Å²) in [5, 5.41) is 9.87. The van der Waals surface area contributed by atoms with Crippen LogP contribution in [0.5, 0.6) is 5.75 Å². The normalized spacial score (nSPS) is 10.7. The van der Waals surface area contributed by atoms with E-state index in [1.807, 2.05) is 37.3 Å². The van der Waals surface area contributed by atoms with Crippen LogP contribution < -0.4 is 15.5 Å². The molecule has 2 aromatic rings. The molecule has 0 saturated heterocycles. The molecule has 0 spiro atoms. The van der Waals surface area contributed by atoms with Gasteiger partial charge in [0.05, 0.1) is 13.3 Å². The van der Waals surface area contributed by atoms with Gasteiger partial charge in [0.25, 0.3) is 0 Å². The third kappa shape index (κ3) is 3.24. The Bertz CT molecular complexity index is 640. The number of nitrogens with one attached hydrogen (secondary N) is 2. The third-order valence-electron chi connectivity index (χ3n) is 2.85. The SMILES string of the molecule is CCNC(=S)N/N=C/c1c(OC)ccc2ccccc12. The molecule has 0 atom stereocenters. The number of fused-ring (bicyclic) bond motifs is 1. The molecule has 5 heteroatoms. The van der Waals surface area contributed by atoms with Gasteiger partial charge in [0.2, 0.25) is 0 Å². The summed E-state index contributed by atoms with van der Waals surface area (Å²) in [6.07, 6.45) is 1.73. The van der Waals surface area contributed by atoms with Crippen molar-refractivity contribution < 1.29 is 4.74 Å². The zero-order valence-electron chi connectivity index (χ0n) is 11.5. The van der Waals surface area contributed by atoms with E-state index >= 15 is 0 Å². The first-order valence-corrected chi connectivity index (χ1v) is 6.79. The molecule has 20 heavy (non-hydrogen) atoms. The number of hydrogen-bond donors (Lipinski definition) is 2. The largest absolute Gasteiger partial charge is 0.496 e. The van der Waals surface area contributed by atoms with E-state index in [4.69, 9.17) is 17.0 Å². The van der Waals surface area contributed by atoms with E-state index in [0.717, 1.165) is 28.6 Å². The molecule has 0 radical (unpaired) electrons. The molecular formula is C15H17N3OS. The van der Waals surface area contributed by atoms with Crippen molar-refractivity contribution in [2.75, 3.05) is 13.7 Å². The topological polar surface area (TPSA) is 45.7 Å². The maximum absolute atomic E-state index is 5.39. The van der Waals surface area contributed by atoms with Crippen LogP contribution in [-0.4, -0.2) is 25.0 Å². The summed E-state index contributed by atoms with van der Waals surface area (Å²) in [5.74, 6) is 0.781. The van der Waals surface area contributed by atoms with Crippen molar-refractivity contribution in [2.24, 2.45) is 5.10 Å². The van der Waals surface area contributed by atoms with Gasteiger partial charge in [0.1, 0.15) is 5.75 Å². The van der Waals surface area contributed by atoms with Crippen molar-refractivity contribution in [2.45, 2.75) is 6.92 Å². The minimum Gasteiger partial charge on any atom is -0.496 e. The lowest BCUT2D eigenvalue weighted by atomic mass is 10.0. The van der Waals surface area contributed by atoms with Crippen LogP contribution in [0.2, 0.25) is 0 Å². The highest BCUT2D eigenvalue weighted by Gasteiger charge is 2.05. The number of hydrogen-bond acceptors (Lipinski definition) is 3. The summed E-state index contributed by atoms with van der Waals surface area (Å²) < 4.78 is 5.39. The van der Waals surface area contributed by atoms with E-state index in [0.29, 0.717) is 5.11 Å². The molecule has 104 valence electrons. The van der Waals surface area contributed by atoms with Gasteiger partial charge in [0, 0.05) is 12.1 Å². The molecular weight excluding hydrogens is 270 g/mol. The lowest BCUT2D eigenvalue weighted by Crippen LogP contribution is -2.31. The zero-order chi connectivity index (χ0) is 14.4. The minimum absolute atomic E-state index is 0.503. The highest BCUT2D eigenvalue weighted by molar-refractivity contribution is 7.80. The fourth-order valence-corrected chi connectivity index (χ4v) is 2.14. The number of rotatable bonds is 4. The maximum Gasteiger partial charge on any atom is 0.186 e. The number of methoxy groups -OCH3 is 1. The Hall–Kier alpha value is -2.14. The van der Waals surface area contributed by atoms with Gasteiger partial charge in [0.15, 0.2) is 5.11 Å². The second kappa shape index (κ2) is 6.86. The standard InChI is InChI=1S/C15H17N3OS/c1-3-16-15(20)18-17-10-13-12-7-5-4-6-11(12)8-9-14(13)19-2/h4-10H,3H2,1-2H3,(H2,16,18,20)/b17-10+. The van der Waals surface area contributed by atoms with E-state index < -0.39 is 0 Å². The van der Waals surface area contributed by atoms with Gasteiger partial charge in [-0.05, 0) is 36.0 Å². The van der Waals surface area contributed by atoms with E-state index in [2.05, 4.69) is 21.9 Å². The van der Waals surface area contributed by atoms with Crippen LogP contribution in [0, 0.1) is 0 Å². The Balaban J connectivity index is 2.31. The molecule has 0 aliphatic rings. The third-order valence-corrected chi connectivity index (χ3v) is 3.08. The van der Waals surface area contributed by atoms with E-state index in [-0.39, 0.29) is 0 Å². The van der Waals surface area contributed by atoms with Crippen LogP contribution in [0.15, 0.2) is 41.5 Å². The first kappa shape index (κ1) is 14.3. The monoisotopic (exact) mass is 287 g/mol. The molecule has 4 nitrogen and oxygen atoms in total. The van der Waals surface area contributed by atoms with Crippen LogP contribution in [0.1, 0.15) is 12.5 Å². The van der Waals surface area contributed by atoms with Crippen molar-refractivity contribution in [3.63, 3.8) is 0 Å². The molecule has 0 aromatic heterocycles. The summed E-state index contributed by atoms with van der Waals surface area (Å²) in [6, 6.07) is 12.1. The summed E-state index contributed by atoms with van der Waals surface area (Å²) in [4.78, 5) is 0. The second-order valence-corrected chi connectivity index (χ2v) is 4.54. The molecule has 0 saturated carbocycles. The van der Waals surface area contributed by atoms with Gasteiger partial charge in [-0.2, -0.15) is 5.10 Å². The molecule has 0 fully saturated rings. The Morgan fingerprint density at radius 2 is 2.10 bits per heavy atom. The number of benzene rings is 2. The van der Waals surface area contributed by atoms with Gasteiger partial charge < -0.3 is 10.1 Å². The van der Waals surface area contributed by atoms with Gasteiger partial charge in [-0.25, -0.2) is 0 Å². The molecule has 0 heterocycles. The molecule has 2 N–H and O–H groups in total. The lowest BCUT2D eigenvalue weighted by molar-refractivity contribution is 0.415. The summed E-state index contributed by atoms with van der Waals surface area (Å²) in [5.41, 5.74) is 3.71. The quantitative estimate of drug-likeness (QED) is 0.515. The predicted molar refractivity (Wildman–Crippen MR) is 87.5 cm³/mol. The average Bonchev–Trinajstić information content (AvgIpc) is 2.47. The van der Waals surface area contributed by atoms with Crippen LogP contribution >= 0.6 is 12.2 Å². The average molecular weight is 287 g/mol. The minimum atomic E-state index is 0.503. The number of nitrogens with zero attached hydrogens (tertiary/aromatic N) is 1. The Kier molecular flexibility index (Phi) is 4.90. The highest BCUT2D eigenvalue weighted by Crippen LogP contribution is 2.26. The molecule has 0 amide bonds. The molecule has 2 aromatic carbocycles. The molecule has 0 aliphatic heterocycles. The first-order valence-electron chi connectivity index (χ1n) is 6.39. The molecule has 0 bridgehead atoms. The van der Waals surface area contributed by atoms with Crippen LogP contribution in [0.3, 0.4) is 0 Å². The Morgan fingerprint density at radius 3 is 2.85 bits per heavy atom. The van der Waals surface area contributed by atoms with Crippen molar-refractivity contribution in [3.05, 3.63) is 42.0 Å². The number of ether oxygens (including phenoxy) is 1. The number of hydrazone groups is 1. The van der Waals surface area contributed by atoms with Gasteiger partial charge in [-0.1, -0.05) is 30.3 Å². The lowest BCUT2D eigenvalue weighted by Gasteiger charge is -2.08. The van der Waals surface area contributed by atoms with Gasteiger partial charge in [-0.15, -0.1) is 0 Å². The van der Waals surface area contributed by atoms with Crippen molar-refractivity contribution in [1.82, 2.24) is 10.7 Å². The van der Waals surface area contributed by atoms with Crippen LogP contribution in [0.4, 0.5) is 0 Å². The highest BCUT2D eigenvalue weighted by atomic mass is 32.1. The van der Waals surface area contributed by atoms with Crippen molar-refractivity contribution >= 4 is 34.3 Å². The Labute approximate surface area is 123 Å². The summed E-state index contributed by atoms with van der Waals surface area (Å²) in [6.45, 7) is 2.74. The molecule has 0 unspecified atom stereocenters. The van der Waals surface area contributed by atoms with Crippen LogP contribution in [-0.2, 0) is 0 Å². The summed E-state index contributed by atoms with van der Waals surface area (Å²) in [7, 11) is 1.65. The van der Waals surface area contributed by atoms with Gasteiger partial charge in [-0.3, -0.25) is 5.43 Å². The number of thiocarbonyl (C=S) groups is 1. The molecule has 0 aliphatic carbocycles.